The van der Waals surface area contributed by atoms with Gasteiger partial charge < -0.3 is 33.9 Å². The minimum atomic E-state index is -0.827. The van der Waals surface area contributed by atoms with Crippen LogP contribution < -0.4 is 4.74 Å². The van der Waals surface area contributed by atoms with Gasteiger partial charge in [-0.3, -0.25) is 0 Å². The lowest BCUT2D eigenvalue weighted by molar-refractivity contribution is -0.154. The van der Waals surface area contributed by atoms with Crippen molar-refractivity contribution in [3.8, 4) is 11.5 Å². The van der Waals surface area contributed by atoms with Crippen molar-refractivity contribution in [1.82, 2.24) is 0 Å². The summed E-state index contributed by atoms with van der Waals surface area (Å²) in [6.45, 7) is 5.38. The zero-order valence-electron chi connectivity index (χ0n) is 17.5. The molecule has 8 nitrogen and oxygen atoms in total. The van der Waals surface area contributed by atoms with E-state index in [1.165, 1.54) is 13.2 Å². The van der Waals surface area contributed by atoms with Gasteiger partial charge in [0.1, 0.15) is 41.5 Å². The van der Waals surface area contributed by atoms with E-state index in [1.54, 1.807) is 26.8 Å². The third-order valence-electron chi connectivity index (χ3n) is 5.57. The number of phenols is 1. The number of hydrogen-bond acceptors (Lipinski definition) is 8. The number of carbonyl (C=O) groups excluding carboxylic acids is 1. The molecule has 0 amide bonds. The molecule has 2 saturated heterocycles. The molecule has 164 valence electrons. The second-order valence-electron chi connectivity index (χ2n) is 8.45. The van der Waals surface area contributed by atoms with E-state index < -0.39 is 42.3 Å². The van der Waals surface area contributed by atoms with Gasteiger partial charge in [0.05, 0.1) is 19.3 Å². The van der Waals surface area contributed by atoms with Crippen molar-refractivity contribution in [1.29, 1.82) is 0 Å². The Kier molecular flexibility index (Phi) is 5.52. The van der Waals surface area contributed by atoms with Crippen LogP contribution in [0.5, 0.6) is 11.5 Å². The smallest absolute Gasteiger partial charge is 0.342 e. The SMILES string of the molecule is COc1cc(O)c2c(c1)[C@@H]1O[C@@H]1C[C@H](O)[C@@H]1OC(C)(C)O[C@H]1/C=C/C[C@H](C)OC2=O. The Balaban J connectivity index is 1.68. The highest BCUT2D eigenvalue weighted by molar-refractivity contribution is 5.95. The predicted octanol–water partition coefficient (Wildman–Crippen LogP) is 2.62. The van der Waals surface area contributed by atoms with Crippen LogP contribution in [-0.2, 0) is 18.9 Å². The number of epoxide rings is 1. The molecule has 0 aromatic heterocycles. The predicted molar refractivity (Wildman–Crippen MR) is 105 cm³/mol. The molecule has 4 rings (SSSR count). The molecule has 8 heteroatoms. The van der Waals surface area contributed by atoms with Gasteiger partial charge in [-0.2, -0.15) is 0 Å². The van der Waals surface area contributed by atoms with Crippen molar-refractivity contribution in [2.75, 3.05) is 7.11 Å². The highest BCUT2D eigenvalue weighted by atomic mass is 16.8. The third-order valence-corrected chi connectivity index (χ3v) is 5.57. The lowest BCUT2D eigenvalue weighted by Gasteiger charge is -2.21. The number of benzene rings is 1. The molecule has 3 aliphatic rings. The second kappa shape index (κ2) is 7.85. The average molecular weight is 420 g/mol. The number of methoxy groups -OCH3 is 1. The van der Waals surface area contributed by atoms with Crippen molar-refractivity contribution in [3.05, 3.63) is 35.4 Å². The van der Waals surface area contributed by atoms with E-state index >= 15 is 0 Å². The molecule has 0 spiro atoms. The number of rotatable bonds is 1. The summed E-state index contributed by atoms with van der Waals surface area (Å²) in [6, 6.07) is 3.03. The average Bonchev–Trinajstić information content (AvgIpc) is 3.35. The van der Waals surface area contributed by atoms with Crippen LogP contribution in [0.25, 0.3) is 0 Å². The molecule has 3 heterocycles. The normalized spacial score (nSPS) is 36.5. The Labute approximate surface area is 175 Å². The maximum atomic E-state index is 12.8. The molecule has 1 aromatic carbocycles. The van der Waals surface area contributed by atoms with Gasteiger partial charge >= 0.3 is 5.97 Å². The van der Waals surface area contributed by atoms with Gasteiger partial charge in [-0.15, -0.1) is 0 Å². The fourth-order valence-electron chi connectivity index (χ4n) is 4.11. The number of cyclic esters (lactones) is 1. The minimum Gasteiger partial charge on any atom is -0.507 e. The van der Waals surface area contributed by atoms with Gasteiger partial charge in [0.15, 0.2) is 5.79 Å². The Morgan fingerprint density at radius 1 is 1.23 bits per heavy atom. The number of ether oxygens (including phenoxy) is 5. The third kappa shape index (κ3) is 4.18. The van der Waals surface area contributed by atoms with Gasteiger partial charge in [0.2, 0.25) is 0 Å². The van der Waals surface area contributed by atoms with E-state index in [0.29, 0.717) is 24.2 Å². The lowest BCUT2D eigenvalue weighted by atomic mass is 9.96. The van der Waals surface area contributed by atoms with E-state index in [9.17, 15) is 15.0 Å². The monoisotopic (exact) mass is 420 g/mol. The number of fused-ring (bicyclic) bond motifs is 4. The minimum absolute atomic E-state index is 0.0603. The van der Waals surface area contributed by atoms with E-state index in [-0.39, 0.29) is 17.4 Å². The van der Waals surface area contributed by atoms with Gasteiger partial charge in [-0.1, -0.05) is 12.2 Å². The molecule has 1 aromatic rings. The summed E-state index contributed by atoms with van der Waals surface area (Å²) < 4.78 is 28.4. The van der Waals surface area contributed by atoms with Crippen LogP contribution in [0.3, 0.4) is 0 Å². The number of phenolic OH excluding ortho intramolecular Hbond substituents is 1. The van der Waals surface area contributed by atoms with E-state index in [4.69, 9.17) is 23.7 Å². The summed E-state index contributed by atoms with van der Waals surface area (Å²) in [5.74, 6) is -1.27. The highest BCUT2D eigenvalue weighted by Crippen LogP contribution is 2.47. The summed E-state index contributed by atoms with van der Waals surface area (Å²) in [5.41, 5.74) is 0.541. The van der Waals surface area contributed by atoms with E-state index in [0.717, 1.165) is 0 Å². The Morgan fingerprint density at radius 3 is 2.73 bits per heavy atom. The fourth-order valence-corrected chi connectivity index (χ4v) is 4.11. The summed E-state index contributed by atoms with van der Waals surface area (Å²) in [7, 11) is 1.48. The van der Waals surface area contributed by atoms with E-state index in [2.05, 4.69) is 0 Å². The fraction of sp³-hybridized carbons (Fsp3) is 0.591. The number of aromatic hydroxyl groups is 1. The summed E-state index contributed by atoms with van der Waals surface area (Å²) >= 11 is 0. The van der Waals surface area contributed by atoms with Crippen LogP contribution in [-0.4, -0.2) is 59.6 Å². The molecular weight excluding hydrogens is 392 g/mol. The Morgan fingerprint density at radius 2 is 2.00 bits per heavy atom. The van der Waals surface area contributed by atoms with Crippen molar-refractivity contribution in [2.24, 2.45) is 0 Å². The first-order chi connectivity index (χ1) is 14.2. The molecule has 6 atom stereocenters. The number of hydrogen-bond donors (Lipinski definition) is 2. The molecule has 0 bridgehead atoms. The topological polar surface area (TPSA) is 107 Å². The van der Waals surface area contributed by atoms with Crippen LogP contribution in [0.1, 0.15) is 55.6 Å². The van der Waals surface area contributed by atoms with Crippen LogP contribution in [0, 0.1) is 0 Å². The van der Waals surface area contributed by atoms with Gasteiger partial charge in [-0.05, 0) is 26.8 Å². The maximum Gasteiger partial charge on any atom is 0.342 e. The molecule has 3 aliphatic heterocycles. The van der Waals surface area contributed by atoms with Crippen molar-refractivity contribution in [3.63, 3.8) is 0 Å². The number of aliphatic hydroxyl groups excluding tert-OH is 1. The summed E-state index contributed by atoms with van der Waals surface area (Å²) in [6.07, 6.45) is 1.40. The van der Waals surface area contributed by atoms with Crippen LogP contribution in [0.15, 0.2) is 24.3 Å². The van der Waals surface area contributed by atoms with Crippen LogP contribution in [0.4, 0.5) is 0 Å². The molecule has 30 heavy (non-hydrogen) atoms. The molecule has 0 unspecified atom stereocenters. The molecule has 2 fully saturated rings. The van der Waals surface area contributed by atoms with Gasteiger partial charge in [0, 0.05) is 24.5 Å². The summed E-state index contributed by atoms with van der Waals surface area (Å²) in [5, 5.41) is 21.3. The zero-order chi connectivity index (χ0) is 21.6. The quantitative estimate of drug-likeness (QED) is 0.406. The largest absolute Gasteiger partial charge is 0.507 e. The molecule has 0 aliphatic carbocycles. The standard InChI is InChI=1S/C22H28O8/c1-11-6-5-7-16-20(30-22(2,3)29-16)15(24)10-17-19(28-17)13-8-12(26-4)9-14(23)18(13)21(25)27-11/h5,7-9,11,15-17,19-20,23-24H,6,10H2,1-4H3/b7-5+/t11-,15-,16-,17+,19-,20-/m0/s1. The Bertz CT molecular complexity index is 848. The number of carbonyl (C=O) groups is 1. The van der Waals surface area contributed by atoms with E-state index in [1.807, 2.05) is 12.2 Å². The number of aliphatic hydroxyl groups is 1. The summed E-state index contributed by atoms with van der Waals surface area (Å²) in [4.78, 5) is 12.8. The first-order valence-electron chi connectivity index (χ1n) is 10.2. The van der Waals surface area contributed by atoms with Gasteiger partial charge in [0.25, 0.3) is 0 Å². The van der Waals surface area contributed by atoms with Crippen molar-refractivity contribution < 1.29 is 38.7 Å². The van der Waals surface area contributed by atoms with Crippen molar-refractivity contribution in [2.45, 2.75) is 76.0 Å². The zero-order valence-corrected chi connectivity index (χ0v) is 17.5. The second-order valence-corrected chi connectivity index (χ2v) is 8.45. The van der Waals surface area contributed by atoms with Gasteiger partial charge in [-0.25, -0.2) is 4.79 Å². The first kappa shape index (κ1) is 21.1. The molecule has 0 radical (unpaired) electrons. The maximum absolute atomic E-state index is 12.8. The van der Waals surface area contributed by atoms with Crippen LogP contribution >= 0.6 is 0 Å². The first-order valence-corrected chi connectivity index (χ1v) is 10.2. The molecule has 0 saturated carbocycles. The molecule has 2 N–H and O–H groups in total. The van der Waals surface area contributed by atoms with Crippen molar-refractivity contribution >= 4 is 5.97 Å². The highest BCUT2D eigenvalue weighted by Gasteiger charge is 2.49. The number of esters is 1. The molecular formula is C22H28O8. The van der Waals surface area contributed by atoms with Crippen LogP contribution in [0.2, 0.25) is 0 Å². The lowest BCUT2D eigenvalue weighted by Crippen LogP contribution is -2.35. The Hall–Kier alpha value is -2.13.